The molecule has 0 unspecified atom stereocenters. The van der Waals surface area contributed by atoms with Crippen LogP contribution in [0.4, 0.5) is 0 Å². The minimum absolute atomic E-state index is 0.171. The number of carbonyl (C=O) groups excluding carboxylic acids is 1. The van der Waals surface area contributed by atoms with Gasteiger partial charge in [-0.05, 0) is 49.4 Å². The van der Waals surface area contributed by atoms with E-state index in [9.17, 15) is 19.2 Å². The van der Waals surface area contributed by atoms with Crippen LogP contribution in [0.25, 0.3) is 21.1 Å². The number of aryl methyl sites for hydroxylation is 2. The molecule has 0 bridgehead atoms. The molecule has 1 aromatic carbocycles. The quantitative estimate of drug-likeness (QED) is 0.459. The second-order valence-electron chi connectivity index (χ2n) is 6.92. The van der Waals surface area contributed by atoms with Crippen molar-refractivity contribution in [1.29, 1.82) is 0 Å². The molecule has 4 aromatic rings. The van der Waals surface area contributed by atoms with E-state index in [1.54, 1.807) is 0 Å². The number of benzene rings is 1. The normalized spacial score (nSPS) is 13.5. The number of aromatic nitrogens is 4. The SMILES string of the molecule is O=C(Nn1cnc2sc3c(c2c1=O)CCCC3)c1ccc2[nH]c(=O)[nH]c(=O)c2c1. The van der Waals surface area contributed by atoms with Crippen LogP contribution in [0.2, 0.25) is 0 Å². The lowest BCUT2D eigenvalue weighted by molar-refractivity contribution is 0.101. The zero-order valence-electron chi connectivity index (χ0n) is 15.1. The van der Waals surface area contributed by atoms with Crippen molar-refractivity contribution in [2.75, 3.05) is 5.43 Å². The monoisotopic (exact) mass is 409 g/mol. The predicted molar refractivity (Wildman–Crippen MR) is 109 cm³/mol. The summed E-state index contributed by atoms with van der Waals surface area (Å²) in [6, 6.07) is 4.31. The van der Waals surface area contributed by atoms with Gasteiger partial charge in [0.25, 0.3) is 17.0 Å². The fourth-order valence-corrected chi connectivity index (χ4v) is 4.93. The van der Waals surface area contributed by atoms with Gasteiger partial charge in [-0.15, -0.1) is 11.3 Å². The lowest BCUT2D eigenvalue weighted by atomic mass is 9.97. The Morgan fingerprint density at radius 1 is 1.14 bits per heavy atom. The third-order valence-corrected chi connectivity index (χ3v) is 6.30. The number of thiophene rings is 1. The summed E-state index contributed by atoms with van der Waals surface area (Å²) in [4.78, 5) is 59.8. The van der Waals surface area contributed by atoms with E-state index in [1.807, 2.05) is 0 Å². The van der Waals surface area contributed by atoms with Crippen LogP contribution >= 0.6 is 11.3 Å². The molecular weight excluding hydrogens is 394 g/mol. The highest BCUT2D eigenvalue weighted by Gasteiger charge is 2.20. The first kappa shape index (κ1) is 17.6. The van der Waals surface area contributed by atoms with E-state index in [0.717, 1.165) is 35.9 Å². The van der Waals surface area contributed by atoms with Gasteiger partial charge in [-0.3, -0.25) is 24.8 Å². The first-order valence-corrected chi connectivity index (χ1v) is 9.92. The molecule has 3 heterocycles. The summed E-state index contributed by atoms with van der Waals surface area (Å²) in [5.74, 6) is -0.565. The van der Waals surface area contributed by atoms with Gasteiger partial charge in [-0.25, -0.2) is 14.5 Å². The molecule has 29 heavy (non-hydrogen) atoms. The van der Waals surface area contributed by atoms with Gasteiger partial charge in [0.2, 0.25) is 0 Å². The smallest absolute Gasteiger partial charge is 0.307 e. The second-order valence-corrected chi connectivity index (χ2v) is 8.00. The molecule has 10 heteroatoms. The molecule has 3 aromatic heterocycles. The van der Waals surface area contributed by atoms with Crippen LogP contribution in [-0.4, -0.2) is 25.5 Å². The van der Waals surface area contributed by atoms with E-state index in [0.29, 0.717) is 15.7 Å². The third-order valence-electron chi connectivity index (χ3n) is 5.10. The fourth-order valence-electron chi connectivity index (χ4n) is 3.71. The Balaban J connectivity index is 1.54. The molecule has 1 aliphatic rings. The van der Waals surface area contributed by atoms with E-state index < -0.39 is 17.2 Å². The van der Waals surface area contributed by atoms with Gasteiger partial charge >= 0.3 is 5.69 Å². The maximum atomic E-state index is 13.0. The summed E-state index contributed by atoms with van der Waals surface area (Å²) in [5, 5.41) is 0.741. The average molecular weight is 409 g/mol. The third kappa shape index (κ3) is 2.88. The number of nitrogens with zero attached hydrogens (tertiary/aromatic N) is 2. The van der Waals surface area contributed by atoms with Crippen LogP contribution in [0.5, 0.6) is 0 Å². The first-order valence-electron chi connectivity index (χ1n) is 9.11. The van der Waals surface area contributed by atoms with E-state index in [-0.39, 0.29) is 16.5 Å². The van der Waals surface area contributed by atoms with Crippen LogP contribution in [0.15, 0.2) is 38.9 Å². The zero-order chi connectivity index (χ0) is 20.1. The Morgan fingerprint density at radius 3 is 2.83 bits per heavy atom. The minimum atomic E-state index is -0.621. The van der Waals surface area contributed by atoms with Gasteiger partial charge in [0.15, 0.2) is 0 Å². The second kappa shape index (κ2) is 6.52. The maximum Gasteiger partial charge on any atom is 0.326 e. The van der Waals surface area contributed by atoms with Crippen molar-refractivity contribution in [3.63, 3.8) is 0 Å². The van der Waals surface area contributed by atoms with Gasteiger partial charge in [-0.1, -0.05) is 0 Å². The molecule has 0 saturated carbocycles. The van der Waals surface area contributed by atoms with E-state index in [1.165, 1.54) is 40.7 Å². The molecule has 1 aliphatic carbocycles. The van der Waals surface area contributed by atoms with Crippen LogP contribution < -0.4 is 22.2 Å². The van der Waals surface area contributed by atoms with Gasteiger partial charge in [0.05, 0.1) is 16.3 Å². The molecule has 9 nitrogen and oxygen atoms in total. The number of carbonyl (C=O) groups is 1. The predicted octanol–water partition coefficient (Wildman–Crippen LogP) is 1.25. The summed E-state index contributed by atoms with van der Waals surface area (Å²) in [6.45, 7) is 0. The average Bonchev–Trinajstić information content (AvgIpc) is 3.09. The molecule has 0 atom stereocenters. The van der Waals surface area contributed by atoms with Gasteiger partial charge < -0.3 is 4.98 Å². The molecule has 0 radical (unpaired) electrons. The standard InChI is InChI=1S/C19H15N5O4S/c25-15(9-5-6-12-11(7-9)16(26)22-19(28)21-12)23-24-8-20-17-14(18(24)27)10-3-1-2-4-13(10)29-17/h5-8H,1-4H2,(H,23,25)(H2,21,22,26,28). The number of hydrogen-bond acceptors (Lipinski definition) is 6. The summed E-state index contributed by atoms with van der Waals surface area (Å²) in [7, 11) is 0. The number of hydrogen-bond donors (Lipinski definition) is 3. The summed E-state index contributed by atoms with van der Waals surface area (Å²) >= 11 is 1.54. The molecule has 146 valence electrons. The Hall–Kier alpha value is -3.53. The first-order chi connectivity index (χ1) is 14.0. The largest absolute Gasteiger partial charge is 0.326 e. The molecule has 0 saturated heterocycles. The number of nitrogens with one attached hydrogen (secondary N) is 3. The Kier molecular flexibility index (Phi) is 3.95. The molecule has 0 aliphatic heterocycles. The molecule has 0 spiro atoms. The summed E-state index contributed by atoms with van der Waals surface area (Å²) in [6.07, 6.45) is 5.24. The number of H-pyrrole nitrogens is 2. The molecule has 3 N–H and O–H groups in total. The van der Waals surface area contributed by atoms with E-state index >= 15 is 0 Å². The Labute approximate surface area is 166 Å². The topological polar surface area (TPSA) is 130 Å². The van der Waals surface area contributed by atoms with Crippen molar-refractivity contribution in [3.05, 3.63) is 71.7 Å². The Bertz CT molecular complexity index is 1480. The highest BCUT2D eigenvalue weighted by molar-refractivity contribution is 7.18. The lowest BCUT2D eigenvalue weighted by Gasteiger charge is -2.11. The van der Waals surface area contributed by atoms with Crippen LogP contribution in [-0.2, 0) is 12.8 Å². The number of amides is 1. The van der Waals surface area contributed by atoms with Crippen molar-refractivity contribution in [2.45, 2.75) is 25.7 Å². The van der Waals surface area contributed by atoms with E-state index in [2.05, 4.69) is 20.4 Å². The molecule has 0 fully saturated rings. The molecule has 1 amide bonds. The van der Waals surface area contributed by atoms with Crippen molar-refractivity contribution in [1.82, 2.24) is 19.6 Å². The number of fused-ring (bicyclic) bond motifs is 4. The van der Waals surface area contributed by atoms with Crippen LogP contribution in [0, 0.1) is 0 Å². The molecule has 5 rings (SSSR count). The van der Waals surface area contributed by atoms with Crippen molar-refractivity contribution < 1.29 is 4.79 Å². The van der Waals surface area contributed by atoms with Crippen molar-refractivity contribution >= 4 is 38.4 Å². The van der Waals surface area contributed by atoms with Gasteiger partial charge in [0, 0.05) is 10.4 Å². The fraction of sp³-hybridized carbons (Fsp3) is 0.211. The zero-order valence-corrected chi connectivity index (χ0v) is 15.9. The Morgan fingerprint density at radius 2 is 1.97 bits per heavy atom. The number of aromatic amines is 2. The van der Waals surface area contributed by atoms with Gasteiger partial charge in [0.1, 0.15) is 11.2 Å². The maximum absolute atomic E-state index is 13.0. The highest BCUT2D eigenvalue weighted by atomic mass is 32.1. The van der Waals surface area contributed by atoms with Crippen molar-refractivity contribution in [3.8, 4) is 0 Å². The molecular formula is C19H15N5O4S. The van der Waals surface area contributed by atoms with Gasteiger partial charge in [-0.2, -0.15) is 0 Å². The van der Waals surface area contributed by atoms with Crippen LogP contribution in [0.3, 0.4) is 0 Å². The van der Waals surface area contributed by atoms with Crippen molar-refractivity contribution in [2.24, 2.45) is 0 Å². The lowest BCUT2D eigenvalue weighted by Crippen LogP contribution is -2.33. The summed E-state index contributed by atoms with van der Waals surface area (Å²) in [5.41, 5.74) is 2.54. The highest BCUT2D eigenvalue weighted by Crippen LogP contribution is 2.33. The van der Waals surface area contributed by atoms with Crippen LogP contribution in [0.1, 0.15) is 33.6 Å². The minimum Gasteiger partial charge on any atom is -0.307 e. The summed E-state index contributed by atoms with van der Waals surface area (Å²) < 4.78 is 1.08. The number of rotatable bonds is 2. The van der Waals surface area contributed by atoms with E-state index in [4.69, 9.17) is 0 Å².